The molecule has 0 bridgehead atoms. The van der Waals surface area contributed by atoms with Gasteiger partial charge in [0.1, 0.15) is 5.60 Å². The average Bonchev–Trinajstić information content (AvgIpc) is 3.39. The number of carbonyl (C=O) groups is 1. The zero-order valence-electron chi connectivity index (χ0n) is 19.0. The second-order valence-corrected chi connectivity index (χ2v) is 9.61. The Morgan fingerprint density at radius 3 is 2.39 bits per heavy atom. The maximum Gasteiger partial charge on any atom is 0.307 e. The van der Waals surface area contributed by atoms with E-state index in [0.29, 0.717) is 6.42 Å². The topological polar surface area (TPSA) is 29.5 Å². The molecule has 33 heavy (non-hydrogen) atoms. The lowest BCUT2D eigenvalue weighted by molar-refractivity contribution is -0.146. The van der Waals surface area contributed by atoms with E-state index < -0.39 is 11.0 Å². The molecule has 3 aromatic carbocycles. The summed E-state index contributed by atoms with van der Waals surface area (Å²) in [4.78, 5) is 15.5. The number of esters is 1. The molecule has 3 atom stereocenters. The van der Waals surface area contributed by atoms with Crippen LogP contribution in [0, 0.1) is 0 Å². The summed E-state index contributed by atoms with van der Waals surface area (Å²) in [5.74, 6) is -0.0733. The van der Waals surface area contributed by atoms with Crippen LogP contribution in [0.1, 0.15) is 49.3 Å². The first kappa shape index (κ1) is 20.3. The molecule has 2 aliphatic heterocycles. The quantitative estimate of drug-likeness (QED) is 0.426. The number of para-hydroxylation sites is 1. The summed E-state index contributed by atoms with van der Waals surface area (Å²) in [6.45, 7) is 3.01. The Hall–Kier alpha value is -3.33. The maximum atomic E-state index is 13.0. The van der Waals surface area contributed by atoms with Crippen LogP contribution in [0.5, 0.6) is 0 Å². The summed E-state index contributed by atoms with van der Waals surface area (Å²) in [6, 6.07) is 30.0. The van der Waals surface area contributed by atoms with Crippen LogP contribution in [0.15, 0.2) is 91.0 Å². The highest BCUT2D eigenvalue weighted by Gasteiger charge is 2.72. The summed E-state index contributed by atoms with van der Waals surface area (Å²) in [5, 5.41) is 0. The van der Waals surface area contributed by atoms with Gasteiger partial charge in [0.05, 0.1) is 17.9 Å². The van der Waals surface area contributed by atoms with Gasteiger partial charge in [0.15, 0.2) is 0 Å². The van der Waals surface area contributed by atoms with Crippen molar-refractivity contribution in [3.05, 3.63) is 108 Å². The minimum absolute atomic E-state index is 0.0563. The number of hydrogen-bond donors (Lipinski definition) is 0. The average molecular weight is 436 g/mol. The third kappa shape index (κ3) is 2.84. The maximum absolute atomic E-state index is 13.0. The van der Waals surface area contributed by atoms with Gasteiger partial charge in [-0.25, -0.2) is 0 Å². The van der Waals surface area contributed by atoms with Crippen LogP contribution in [0.2, 0.25) is 0 Å². The van der Waals surface area contributed by atoms with E-state index in [1.54, 1.807) is 0 Å². The third-order valence-corrected chi connectivity index (χ3v) is 7.83. The lowest BCUT2D eigenvalue weighted by atomic mass is 9.65. The minimum atomic E-state index is -0.600. The molecule has 0 N–H and O–H groups in total. The Morgan fingerprint density at radius 1 is 0.939 bits per heavy atom. The van der Waals surface area contributed by atoms with Gasteiger partial charge in [-0.3, -0.25) is 4.79 Å². The fourth-order valence-electron chi connectivity index (χ4n) is 6.55. The summed E-state index contributed by atoms with van der Waals surface area (Å²) < 4.78 is 6.34. The van der Waals surface area contributed by atoms with E-state index in [4.69, 9.17) is 4.74 Å². The van der Waals surface area contributed by atoms with Crippen molar-refractivity contribution in [2.75, 3.05) is 4.90 Å². The summed E-state index contributed by atoms with van der Waals surface area (Å²) in [6.07, 6.45) is 5.71. The first-order valence-corrected chi connectivity index (χ1v) is 12.1. The SMILES string of the molecule is CCCC[C@]12C=C(c3ccccc3)[C@@H]3N(Cc4ccccc4)c4ccccc4[C@@]31CC(=O)O2. The van der Waals surface area contributed by atoms with E-state index in [-0.39, 0.29) is 12.0 Å². The monoisotopic (exact) mass is 435 g/mol. The normalized spacial score (nSPS) is 27.1. The predicted octanol–water partition coefficient (Wildman–Crippen LogP) is 6.29. The van der Waals surface area contributed by atoms with Gasteiger partial charge < -0.3 is 9.64 Å². The summed E-state index contributed by atoms with van der Waals surface area (Å²) in [5.41, 5.74) is 5.27. The van der Waals surface area contributed by atoms with Gasteiger partial charge in [-0.1, -0.05) is 92.2 Å². The molecule has 0 amide bonds. The Morgan fingerprint density at radius 2 is 1.64 bits per heavy atom. The molecule has 2 heterocycles. The number of ether oxygens (including phenoxy) is 1. The van der Waals surface area contributed by atoms with Gasteiger partial charge in [0, 0.05) is 12.2 Å². The first-order valence-electron chi connectivity index (χ1n) is 12.1. The molecular formula is C30H29NO2. The fourth-order valence-corrected chi connectivity index (χ4v) is 6.55. The number of unbranched alkanes of at least 4 members (excludes halogenated alkanes) is 1. The second-order valence-electron chi connectivity index (χ2n) is 9.61. The smallest absolute Gasteiger partial charge is 0.307 e. The largest absolute Gasteiger partial charge is 0.454 e. The van der Waals surface area contributed by atoms with E-state index >= 15 is 0 Å². The molecule has 1 spiro atoms. The second kappa shape index (κ2) is 7.62. The van der Waals surface area contributed by atoms with Crippen molar-refractivity contribution >= 4 is 17.2 Å². The lowest BCUT2D eigenvalue weighted by Gasteiger charge is -2.40. The van der Waals surface area contributed by atoms with Crippen LogP contribution in [0.3, 0.4) is 0 Å². The lowest BCUT2D eigenvalue weighted by Crippen LogP contribution is -2.52. The molecule has 0 aromatic heterocycles. The van der Waals surface area contributed by atoms with Gasteiger partial charge in [-0.15, -0.1) is 0 Å². The standard InChI is InChI=1S/C30H29NO2/c1-2-3-18-29-19-24(23-14-8-5-9-15-23)28-30(29,20-27(32)33-29)25-16-10-11-17-26(25)31(28)21-22-12-6-4-7-13-22/h4-17,19,28H,2-3,18,20-21H2,1H3/t28-,29-,30-/m0/s1. The van der Waals surface area contributed by atoms with Crippen molar-refractivity contribution in [3.63, 3.8) is 0 Å². The number of rotatable bonds is 6. The number of nitrogens with zero attached hydrogens (tertiary/aromatic N) is 1. The predicted molar refractivity (Wildman–Crippen MR) is 132 cm³/mol. The van der Waals surface area contributed by atoms with Crippen LogP contribution >= 0.6 is 0 Å². The Labute approximate surface area is 195 Å². The van der Waals surface area contributed by atoms with Crippen molar-refractivity contribution < 1.29 is 9.53 Å². The van der Waals surface area contributed by atoms with Crippen molar-refractivity contribution in [2.24, 2.45) is 0 Å². The van der Waals surface area contributed by atoms with Crippen LogP contribution in [-0.2, 0) is 21.5 Å². The molecule has 3 aliphatic rings. The fraction of sp³-hybridized carbons (Fsp3) is 0.300. The number of hydrogen-bond acceptors (Lipinski definition) is 3. The molecule has 3 heteroatoms. The van der Waals surface area contributed by atoms with Gasteiger partial charge in [-0.05, 0) is 47.2 Å². The number of anilines is 1. The Kier molecular flexibility index (Phi) is 4.69. The summed E-state index contributed by atoms with van der Waals surface area (Å²) >= 11 is 0. The van der Waals surface area contributed by atoms with Crippen LogP contribution in [0.25, 0.3) is 5.57 Å². The minimum Gasteiger partial charge on any atom is -0.454 e. The molecule has 1 fully saturated rings. The van der Waals surface area contributed by atoms with Crippen LogP contribution < -0.4 is 4.90 Å². The van der Waals surface area contributed by atoms with E-state index in [9.17, 15) is 4.79 Å². The van der Waals surface area contributed by atoms with Gasteiger partial charge in [0.2, 0.25) is 0 Å². The van der Waals surface area contributed by atoms with Crippen LogP contribution in [-0.4, -0.2) is 17.6 Å². The molecule has 0 radical (unpaired) electrons. The van der Waals surface area contributed by atoms with Gasteiger partial charge in [-0.2, -0.15) is 0 Å². The first-order chi connectivity index (χ1) is 16.2. The van der Waals surface area contributed by atoms with Crippen molar-refractivity contribution in [2.45, 2.75) is 56.2 Å². The molecule has 3 nitrogen and oxygen atoms in total. The Balaban J connectivity index is 1.59. The molecule has 1 saturated heterocycles. The molecule has 0 saturated carbocycles. The molecule has 1 aliphatic carbocycles. The molecule has 166 valence electrons. The number of carbonyl (C=O) groups excluding carboxylic acids is 1. The zero-order valence-corrected chi connectivity index (χ0v) is 19.0. The Bertz CT molecular complexity index is 1220. The molecule has 3 aromatic rings. The van der Waals surface area contributed by atoms with Gasteiger partial charge in [0.25, 0.3) is 0 Å². The number of fused-ring (bicyclic) bond motifs is 1. The van der Waals surface area contributed by atoms with Crippen molar-refractivity contribution in [1.82, 2.24) is 0 Å². The van der Waals surface area contributed by atoms with Gasteiger partial charge >= 0.3 is 5.97 Å². The van der Waals surface area contributed by atoms with Crippen molar-refractivity contribution in [3.8, 4) is 0 Å². The van der Waals surface area contributed by atoms with E-state index in [1.165, 1.54) is 28.0 Å². The highest BCUT2D eigenvalue weighted by molar-refractivity contribution is 5.92. The van der Waals surface area contributed by atoms with E-state index in [2.05, 4.69) is 103 Å². The molecule has 0 unspecified atom stereocenters. The zero-order chi connectivity index (χ0) is 22.5. The summed E-state index contributed by atoms with van der Waals surface area (Å²) in [7, 11) is 0. The molecular weight excluding hydrogens is 406 g/mol. The van der Waals surface area contributed by atoms with Crippen LogP contribution in [0.4, 0.5) is 5.69 Å². The number of benzene rings is 3. The van der Waals surface area contributed by atoms with Crippen molar-refractivity contribution in [1.29, 1.82) is 0 Å². The highest BCUT2D eigenvalue weighted by atomic mass is 16.6. The highest BCUT2D eigenvalue weighted by Crippen LogP contribution is 2.66. The van der Waals surface area contributed by atoms with E-state index in [1.807, 2.05) is 0 Å². The van der Waals surface area contributed by atoms with E-state index in [0.717, 1.165) is 25.8 Å². The third-order valence-electron chi connectivity index (χ3n) is 7.83. The molecule has 6 rings (SSSR count).